The van der Waals surface area contributed by atoms with Gasteiger partial charge in [0.1, 0.15) is 11.6 Å². The summed E-state index contributed by atoms with van der Waals surface area (Å²) in [6.45, 7) is 5.52. The number of halogens is 3. The molecule has 3 rings (SSSR count). The average Bonchev–Trinajstić information content (AvgIpc) is 3.05. The van der Waals surface area contributed by atoms with Crippen LogP contribution >= 0.6 is 0 Å². The van der Waals surface area contributed by atoms with Crippen molar-refractivity contribution >= 4 is 17.5 Å². The van der Waals surface area contributed by atoms with Crippen molar-refractivity contribution in [1.82, 2.24) is 9.97 Å². The lowest BCUT2D eigenvalue weighted by atomic mass is 10.0. The number of nitrogens with zero attached hydrogens (tertiary/aromatic N) is 2. The summed E-state index contributed by atoms with van der Waals surface area (Å²) in [4.78, 5) is 20.9. The number of nitrogens with one attached hydrogen (secondary N) is 1. The van der Waals surface area contributed by atoms with E-state index in [1.165, 1.54) is 6.07 Å². The molecule has 2 atom stereocenters. The predicted molar refractivity (Wildman–Crippen MR) is 102 cm³/mol. The second-order valence-corrected chi connectivity index (χ2v) is 7.15. The van der Waals surface area contributed by atoms with Gasteiger partial charge in [-0.15, -0.1) is 0 Å². The predicted octanol–water partition coefficient (Wildman–Crippen LogP) is 3.84. The molecule has 1 unspecified atom stereocenters. The molecule has 2 aromatic rings. The number of esters is 1. The first kappa shape index (κ1) is 20.9. The van der Waals surface area contributed by atoms with Gasteiger partial charge in [0, 0.05) is 17.7 Å². The minimum atomic E-state index is -4.48. The zero-order valence-corrected chi connectivity index (χ0v) is 16.4. The molecule has 0 bridgehead atoms. The molecule has 3 N–H and O–H groups in total. The fourth-order valence-electron chi connectivity index (χ4n) is 3.51. The molecule has 6 nitrogen and oxygen atoms in total. The molecule has 1 aromatic carbocycles. The number of carbonyl (C=O) groups excluding carboxylic acids is 1. The quantitative estimate of drug-likeness (QED) is 0.577. The Morgan fingerprint density at radius 3 is 2.69 bits per heavy atom. The topological polar surface area (TPSA) is 90.1 Å². The summed E-state index contributed by atoms with van der Waals surface area (Å²) in [6.07, 6.45) is -3.60. The van der Waals surface area contributed by atoms with Crippen LogP contribution in [0, 0.1) is 12.8 Å². The van der Waals surface area contributed by atoms with Crippen LogP contribution in [0.5, 0.6) is 0 Å². The van der Waals surface area contributed by atoms with Gasteiger partial charge in [0.15, 0.2) is 0 Å². The number of fused-ring (bicyclic) bond motifs is 1. The number of benzene rings is 1. The number of aryl methyl sites for hydroxylation is 1. The molecule has 0 saturated carbocycles. The molecule has 156 valence electrons. The minimum Gasteiger partial charge on any atom is -0.466 e. The van der Waals surface area contributed by atoms with Crippen molar-refractivity contribution in [3.63, 3.8) is 0 Å². The molecule has 29 heavy (non-hydrogen) atoms. The number of nitrogens with two attached hydrogens (primary N) is 1. The van der Waals surface area contributed by atoms with Crippen molar-refractivity contribution in [2.45, 2.75) is 45.8 Å². The number of hydrogen-bond acceptors (Lipinski definition) is 6. The molecule has 0 aliphatic heterocycles. The highest BCUT2D eigenvalue weighted by Gasteiger charge is 2.33. The Kier molecular flexibility index (Phi) is 5.68. The van der Waals surface area contributed by atoms with Crippen LogP contribution in [0.15, 0.2) is 18.2 Å². The molecule has 1 aromatic heterocycles. The normalized spacial score (nSPS) is 17.0. The first-order valence-electron chi connectivity index (χ1n) is 9.35. The highest BCUT2D eigenvalue weighted by molar-refractivity contribution is 5.75. The highest BCUT2D eigenvalue weighted by atomic mass is 19.4. The van der Waals surface area contributed by atoms with Crippen molar-refractivity contribution in [2.75, 3.05) is 17.7 Å². The number of carbonyl (C=O) groups is 1. The van der Waals surface area contributed by atoms with E-state index >= 15 is 0 Å². The van der Waals surface area contributed by atoms with Gasteiger partial charge in [0.2, 0.25) is 0 Å². The Balaban J connectivity index is 1.87. The Morgan fingerprint density at radius 2 is 2.03 bits per heavy atom. The second-order valence-electron chi connectivity index (χ2n) is 7.15. The van der Waals surface area contributed by atoms with Gasteiger partial charge in [-0.3, -0.25) is 4.79 Å². The molecular formula is C20H23F3N4O2. The third kappa shape index (κ3) is 4.60. The van der Waals surface area contributed by atoms with Gasteiger partial charge in [0.05, 0.1) is 29.8 Å². The van der Waals surface area contributed by atoms with E-state index in [2.05, 4.69) is 15.3 Å². The lowest BCUT2D eigenvalue weighted by molar-refractivity contribution is -0.147. The molecule has 1 heterocycles. The molecule has 0 saturated heterocycles. The molecule has 0 spiro atoms. The van der Waals surface area contributed by atoms with Crippen molar-refractivity contribution in [1.29, 1.82) is 0 Å². The van der Waals surface area contributed by atoms with E-state index in [0.717, 1.165) is 23.4 Å². The lowest BCUT2D eigenvalue weighted by Crippen LogP contribution is -2.18. The summed E-state index contributed by atoms with van der Waals surface area (Å²) in [5.74, 6) is 0.420. The van der Waals surface area contributed by atoms with E-state index in [-0.39, 0.29) is 17.6 Å². The maximum absolute atomic E-state index is 13.1. The van der Waals surface area contributed by atoms with Gasteiger partial charge in [0.25, 0.3) is 0 Å². The average molecular weight is 408 g/mol. The summed E-state index contributed by atoms with van der Waals surface area (Å²) in [5.41, 5.74) is 6.86. The maximum atomic E-state index is 13.1. The molecule has 1 aliphatic carbocycles. The Hall–Kier alpha value is -2.84. The summed E-state index contributed by atoms with van der Waals surface area (Å²) in [6, 6.07) is 3.00. The summed E-state index contributed by atoms with van der Waals surface area (Å²) >= 11 is 0. The molecule has 0 amide bonds. The summed E-state index contributed by atoms with van der Waals surface area (Å²) in [7, 11) is 0. The van der Waals surface area contributed by atoms with Crippen LogP contribution in [0.1, 0.15) is 48.1 Å². The number of alkyl halides is 3. The fourth-order valence-corrected chi connectivity index (χ4v) is 3.51. The molecule has 9 heteroatoms. The van der Waals surface area contributed by atoms with Gasteiger partial charge in [-0.05, 0) is 51.0 Å². The number of ether oxygens (including phenoxy) is 1. The van der Waals surface area contributed by atoms with Crippen LogP contribution in [-0.2, 0) is 28.5 Å². The lowest BCUT2D eigenvalue weighted by Gasteiger charge is -2.19. The largest absolute Gasteiger partial charge is 0.466 e. The summed E-state index contributed by atoms with van der Waals surface area (Å²) < 4.78 is 44.4. The van der Waals surface area contributed by atoms with Gasteiger partial charge < -0.3 is 15.8 Å². The van der Waals surface area contributed by atoms with Crippen LogP contribution in [0.3, 0.4) is 0 Å². The SMILES string of the molecule is CCOC(=O)C1Cc2nc(C)nc(N[C@H](C)c3cc(N)cc(C(F)(F)F)c3)c2C1. The number of hydrogen-bond donors (Lipinski definition) is 2. The first-order valence-corrected chi connectivity index (χ1v) is 9.35. The number of aromatic nitrogens is 2. The smallest absolute Gasteiger partial charge is 0.416 e. The number of anilines is 2. The van der Waals surface area contributed by atoms with Crippen LogP contribution in [0.4, 0.5) is 24.7 Å². The Morgan fingerprint density at radius 1 is 1.31 bits per heavy atom. The van der Waals surface area contributed by atoms with Crippen molar-refractivity contribution in [3.8, 4) is 0 Å². The van der Waals surface area contributed by atoms with Crippen LogP contribution in [0.25, 0.3) is 0 Å². The maximum Gasteiger partial charge on any atom is 0.416 e. The van der Waals surface area contributed by atoms with Crippen molar-refractivity contribution in [3.05, 3.63) is 46.4 Å². The molecular weight excluding hydrogens is 385 g/mol. The highest BCUT2D eigenvalue weighted by Crippen LogP contribution is 2.35. The van der Waals surface area contributed by atoms with Gasteiger partial charge in [-0.2, -0.15) is 13.2 Å². The minimum absolute atomic E-state index is 0.0370. The van der Waals surface area contributed by atoms with Crippen LogP contribution in [-0.4, -0.2) is 22.5 Å². The monoisotopic (exact) mass is 408 g/mol. The van der Waals surface area contributed by atoms with E-state index in [1.54, 1.807) is 20.8 Å². The fraction of sp³-hybridized carbons (Fsp3) is 0.450. The van der Waals surface area contributed by atoms with E-state index in [0.29, 0.717) is 36.7 Å². The first-order chi connectivity index (χ1) is 13.6. The standard InChI is InChI=1S/C20H23F3N4O2/c1-4-29-19(28)13-7-16-17(8-13)26-11(3)27-18(16)25-10(2)12-5-14(20(21,22)23)9-15(24)6-12/h5-6,9-10,13H,4,7-8,24H2,1-3H3,(H,25,26,27)/t10-,13?/m1/s1. The van der Waals surface area contributed by atoms with Crippen molar-refractivity contribution in [2.24, 2.45) is 5.92 Å². The van der Waals surface area contributed by atoms with Crippen LogP contribution in [0.2, 0.25) is 0 Å². The van der Waals surface area contributed by atoms with Gasteiger partial charge >= 0.3 is 12.1 Å². The van der Waals surface area contributed by atoms with Gasteiger partial charge in [-0.1, -0.05) is 0 Å². The Labute approximate surface area is 166 Å². The van der Waals surface area contributed by atoms with E-state index < -0.39 is 17.8 Å². The van der Waals surface area contributed by atoms with E-state index in [4.69, 9.17) is 10.5 Å². The van der Waals surface area contributed by atoms with Gasteiger partial charge in [-0.25, -0.2) is 9.97 Å². The second kappa shape index (κ2) is 7.88. The summed E-state index contributed by atoms with van der Waals surface area (Å²) in [5, 5.41) is 3.17. The van der Waals surface area contributed by atoms with E-state index in [1.807, 2.05) is 0 Å². The number of nitrogen functional groups attached to an aromatic ring is 1. The van der Waals surface area contributed by atoms with Crippen LogP contribution < -0.4 is 11.1 Å². The zero-order chi connectivity index (χ0) is 21.3. The number of rotatable bonds is 5. The molecule has 0 fully saturated rings. The zero-order valence-electron chi connectivity index (χ0n) is 16.4. The molecule has 1 aliphatic rings. The Bertz CT molecular complexity index is 931. The molecule has 0 radical (unpaired) electrons. The third-order valence-corrected chi connectivity index (χ3v) is 4.87. The van der Waals surface area contributed by atoms with Crippen molar-refractivity contribution < 1.29 is 22.7 Å². The third-order valence-electron chi connectivity index (χ3n) is 4.87. The van der Waals surface area contributed by atoms with E-state index in [9.17, 15) is 18.0 Å².